The lowest BCUT2D eigenvalue weighted by Gasteiger charge is -2.40. The third kappa shape index (κ3) is 2.72. The number of nitrogens with one attached hydrogen (secondary N) is 2. The van der Waals surface area contributed by atoms with E-state index in [0.29, 0.717) is 36.0 Å². The number of halogens is 1. The molecule has 1 spiro atoms. The largest absolute Gasteiger partial charge is 0.366 e. The van der Waals surface area contributed by atoms with Gasteiger partial charge in [0.1, 0.15) is 17.7 Å². The Morgan fingerprint density at radius 1 is 1.36 bits per heavy atom. The zero-order valence-corrected chi connectivity index (χ0v) is 15.6. The summed E-state index contributed by atoms with van der Waals surface area (Å²) in [5.74, 6) is 0.243. The highest BCUT2D eigenvalue weighted by Gasteiger charge is 2.43. The predicted octanol–water partition coefficient (Wildman–Crippen LogP) is 4.07. The number of aromatic nitrogens is 2. The normalized spacial score (nSPS) is 24.0. The predicted molar refractivity (Wildman–Crippen MR) is 103 cm³/mol. The Balaban J connectivity index is 1.53. The van der Waals surface area contributed by atoms with Crippen LogP contribution in [0.5, 0.6) is 0 Å². The van der Waals surface area contributed by atoms with E-state index in [1.807, 2.05) is 0 Å². The zero-order chi connectivity index (χ0) is 19.3. The molecule has 1 saturated carbocycles. The number of fused-ring (bicyclic) bond motifs is 3. The molecule has 1 aliphatic heterocycles. The molecule has 0 amide bonds. The van der Waals surface area contributed by atoms with Crippen molar-refractivity contribution in [3.8, 4) is 6.07 Å². The molecule has 3 heterocycles. The van der Waals surface area contributed by atoms with Crippen LogP contribution in [0.4, 0.5) is 10.2 Å². The van der Waals surface area contributed by atoms with Crippen molar-refractivity contribution in [3.63, 3.8) is 0 Å². The number of benzene rings is 1. The van der Waals surface area contributed by atoms with E-state index in [1.54, 1.807) is 12.3 Å². The Morgan fingerprint density at radius 2 is 2.18 bits per heavy atom. The molecule has 1 aromatic carbocycles. The van der Waals surface area contributed by atoms with E-state index < -0.39 is 5.79 Å². The maximum atomic E-state index is 13.9. The number of nitriles is 1. The summed E-state index contributed by atoms with van der Waals surface area (Å²) in [5.41, 5.74) is 1.91. The molecule has 144 valence electrons. The van der Waals surface area contributed by atoms with E-state index in [2.05, 4.69) is 28.3 Å². The van der Waals surface area contributed by atoms with Gasteiger partial charge in [-0.05, 0) is 30.5 Å². The van der Waals surface area contributed by atoms with Gasteiger partial charge < -0.3 is 19.8 Å². The first-order chi connectivity index (χ1) is 13.6. The highest BCUT2D eigenvalue weighted by Crippen LogP contribution is 2.41. The van der Waals surface area contributed by atoms with Gasteiger partial charge in [0.25, 0.3) is 0 Å². The maximum absolute atomic E-state index is 13.9. The average molecular weight is 380 g/mol. The van der Waals surface area contributed by atoms with Crippen molar-refractivity contribution >= 4 is 27.6 Å². The Kier molecular flexibility index (Phi) is 4.00. The Hall–Kier alpha value is -2.69. The van der Waals surface area contributed by atoms with E-state index >= 15 is 0 Å². The van der Waals surface area contributed by atoms with E-state index in [1.165, 1.54) is 12.1 Å². The van der Waals surface area contributed by atoms with Crippen LogP contribution in [0.25, 0.3) is 21.8 Å². The molecule has 0 bridgehead atoms. The molecule has 3 aromatic rings. The smallest absolute Gasteiger partial charge is 0.168 e. The SMILES string of the molecule is C[C@@H]1CC2(CC[C@H]1Nc1ncc(C#N)c3[nH]c4ccc(F)cc4c13)OCCO2. The molecule has 6 nitrogen and oxygen atoms in total. The fraction of sp³-hybridized carbons (Fsp3) is 0.429. The number of nitrogens with zero attached hydrogens (tertiary/aromatic N) is 2. The first-order valence-electron chi connectivity index (χ1n) is 9.63. The minimum Gasteiger partial charge on any atom is -0.366 e. The van der Waals surface area contributed by atoms with Crippen molar-refractivity contribution in [2.24, 2.45) is 5.92 Å². The summed E-state index contributed by atoms with van der Waals surface area (Å²) in [6.45, 7) is 3.49. The lowest BCUT2D eigenvalue weighted by atomic mass is 9.81. The molecule has 7 heteroatoms. The Morgan fingerprint density at radius 3 is 2.93 bits per heavy atom. The summed E-state index contributed by atoms with van der Waals surface area (Å²) in [6, 6.07) is 6.96. The van der Waals surface area contributed by atoms with Crippen molar-refractivity contribution in [2.45, 2.75) is 38.0 Å². The van der Waals surface area contributed by atoms with Gasteiger partial charge in [-0.3, -0.25) is 0 Å². The third-order valence-electron chi connectivity index (χ3n) is 6.00. The number of anilines is 1. The third-order valence-corrected chi connectivity index (χ3v) is 6.00. The Labute approximate surface area is 161 Å². The second kappa shape index (κ2) is 6.43. The molecule has 5 rings (SSSR count). The van der Waals surface area contributed by atoms with E-state index in [4.69, 9.17) is 9.47 Å². The standard InChI is InChI=1S/C21H21FN4O2/c1-12-9-21(27-6-7-28-21)5-4-16(12)26-20-18-15-8-14(22)2-3-17(15)25-19(18)13(10-23)11-24-20/h2-3,8,11-12,16,25H,4-7,9H2,1H3,(H,24,26)/t12-,16-/m1/s1. The highest BCUT2D eigenvalue weighted by molar-refractivity contribution is 6.13. The monoisotopic (exact) mass is 380 g/mol. The van der Waals surface area contributed by atoms with Crippen molar-refractivity contribution in [2.75, 3.05) is 18.5 Å². The van der Waals surface area contributed by atoms with Crippen LogP contribution < -0.4 is 5.32 Å². The van der Waals surface area contributed by atoms with E-state index in [0.717, 1.165) is 35.6 Å². The number of hydrogen-bond donors (Lipinski definition) is 2. The van der Waals surface area contributed by atoms with E-state index in [9.17, 15) is 9.65 Å². The maximum Gasteiger partial charge on any atom is 0.168 e. The lowest BCUT2D eigenvalue weighted by Crippen LogP contribution is -2.44. The minimum atomic E-state index is -0.436. The van der Waals surface area contributed by atoms with E-state index in [-0.39, 0.29) is 11.9 Å². The number of ether oxygens (including phenoxy) is 2. The van der Waals surface area contributed by atoms with Crippen LogP contribution in [0.1, 0.15) is 31.7 Å². The molecule has 1 aliphatic carbocycles. The quantitative estimate of drug-likeness (QED) is 0.700. The number of hydrogen-bond acceptors (Lipinski definition) is 5. The summed E-state index contributed by atoms with van der Waals surface area (Å²) in [6.07, 6.45) is 4.11. The first kappa shape index (κ1) is 17.4. The van der Waals surface area contributed by atoms with Crippen LogP contribution >= 0.6 is 0 Å². The van der Waals surface area contributed by atoms with Crippen molar-refractivity contribution in [3.05, 3.63) is 35.8 Å². The molecule has 28 heavy (non-hydrogen) atoms. The summed E-state index contributed by atoms with van der Waals surface area (Å²) < 4.78 is 25.6. The van der Waals surface area contributed by atoms with Crippen LogP contribution in [0.15, 0.2) is 24.4 Å². The molecule has 2 atom stereocenters. The molecule has 2 fully saturated rings. The Bertz CT molecular complexity index is 1100. The number of aromatic amines is 1. The fourth-order valence-corrected chi connectivity index (χ4v) is 4.61. The highest BCUT2D eigenvalue weighted by atomic mass is 19.1. The molecule has 2 aliphatic rings. The molecule has 0 radical (unpaired) electrons. The van der Waals surface area contributed by atoms with Crippen LogP contribution in [0.3, 0.4) is 0 Å². The van der Waals surface area contributed by atoms with Crippen molar-refractivity contribution in [1.82, 2.24) is 9.97 Å². The van der Waals surface area contributed by atoms with Gasteiger partial charge in [-0.15, -0.1) is 0 Å². The number of H-pyrrole nitrogens is 1. The van der Waals surface area contributed by atoms with Gasteiger partial charge in [-0.1, -0.05) is 6.92 Å². The summed E-state index contributed by atoms with van der Waals surface area (Å²) >= 11 is 0. The molecule has 2 aromatic heterocycles. The van der Waals surface area contributed by atoms with Gasteiger partial charge in [-0.25, -0.2) is 9.37 Å². The number of rotatable bonds is 2. The summed E-state index contributed by atoms with van der Waals surface area (Å²) in [4.78, 5) is 7.75. The van der Waals surface area contributed by atoms with Crippen LogP contribution in [0, 0.1) is 23.1 Å². The lowest BCUT2D eigenvalue weighted by molar-refractivity contribution is -0.186. The molecular weight excluding hydrogens is 359 g/mol. The molecule has 1 saturated heterocycles. The zero-order valence-electron chi connectivity index (χ0n) is 15.6. The first-order valence-corrected chi connectivity index (χ1v) is 9.63. The second-order valence-corrected chi connectivity index (χ2v) is 7.78. The topological polar surface area (TPSA) is 83.0 Å². The van der Waals surface area contributed by atoms with Gasteiger partial charge in [0, 0.05) is 36.0 Å². The van der Waals surface area contributed by atoms with Crippen molar-refractivity contribution in [1.29, 1.82) is 5.26 Å². The van der Waals surface area contributed by atoms with Gasteiger partial charge in [0.2, 0.25) is 0 Å². The van der Waals surface area contributed by atoms with Crippen LogP contribution in [-0.4, -0.2) is 35.0 Å². The van der Waals surface area contributed by atoms with Crippen LogP contribution in [-0.2, 0) is 9.47 Å². The van der Waals surface area contributed by atoms with Gasteiger partial charge in [0.15, 0.2) is 5.79 Å². The molecule has 2 N–H and O–H groups in total. The van der Waals surface area contributed by atoms with Gasteiger partial charge in [-0.2, -0.15) is 5.26 Å². The summed E-state index contributed by atoms with van der Waals surface area (Å²) in [5, 5.41) is 14.5. The van der Waals surface area contributed by atoms with Gasteiger partial charge >= 0.3 is 0 Å². The molecular formula is C21H21FN4O2. The molecule has 0 unspecified atom stereocenters. The second-order valence-electron chi connectivity index (χ2n) is 7.78. The number of pyridine rings is 1. The fourth-order valence-electron chi connectivity index (χ4n) is 4.61. The van der Waals surface area contributed by atoms with Crippen molar-refractivity contribution < 1.29 is 13.9 Å². The average Bonchev–Trinajstić information content (AvgIpc) is 3.29. The summed E-state index contributed by atoms with van der Waals surface area (Å²) in [7, 11) is 0. The van der Waals surface area contributed by atoms with Crippen LogP contribution in [0.2, 0.25) is 0 Å². The minimum absolute atomic E-state index is 0.195. The van der Waals surface area contributed by atoms with Gasteiger partial charge in [0.05, 0.1) is 29.7 Å².